The van der Waals surface area contributed by atoms with Crippen LogP contribution in [-0.2, 0) is 4.79 Å². The molecule has 1 aliphatic heterocycles. The molecule has 3 heteroatoms. The van der Waals surface area contributed by atoms with Gasteiger partial charge in [0, 0.05) is 19.6 Å². The third kappa shape index (κ3) is 3.01. The first kappa shape index (κ1) is 14.5. The molecular weight excluding hydrogens is 212 g/mol. The summed E-state index contributed by atoms with van der Waals surface area (Å²) in [5.74, 6) is 1.01. The zero-order valence-electron chi connectivity index (χ0n) is 11.7. The predicted octanol–water partition coefficient (Wildman–Crippen LogP) is 2.40. The molecule has 1 fully saturated rings. The van der Waals surface area contributed by atoms with Gasteiger partial charge in [-0.05, 0) is 31.6 Å². The van der Waals surface area contributed by atoms with Crippen molar-refractivity contribution in [1.82, 2.24) is 4.90 Å². The maximum atomic E-state index is 12.6. The summed E-state index contributed by atoms with van der Waals surface area (Å²) >= 11 is 0. The molecule has 1 saturated heterocycles. The van der Waals surface area contributed by atoms with Gasteiger partial charge in [0.05, 0.1) is 5.41 Å². The predicted molar refractivity (Wildman–Crippen MR) is 71.7 cm³/mol. The van der Waals surface area contributed by atoms with E-state index in [1.165, 1.54) is 19.3 Å². The highest BCUT2D eigenvalue weighted by molar-refractivity contribution is 5.83. The highest BCUT2D eigenvalue weighted by atomic mass is 16.2. The number of carbonyl (C=O) groups excluding carboxylic acids is 1. The summed E-state index contributed by atoms with van der Waals surface area (Å²) in [7, 11) is 0. The molecule has 1 amide bonds. The first-order chi connectivity index (χ1) is 8.13. The van der Waals surface area contributed by atoms with E-state index in [2.05, 4.69) is 25.7 Å². The van der Waals surface area contributed by atoms with Gasteiger partial charge in [-0.15, -0.1) is 0 Å². The summed E-state index contributed by atoms with van der Waals surface area (Å²) in [6, 6.07) is 0. The quantitative estimate of drug-likeness (QED) is 0.775. The first-order valence-corrected chi connectivity index (χ1v) is 7.13. The van der Waals surface area contributed by atoms with Gasteiger partial charge in [0.15, 0.2) is 0 Å². The van der Waals surface area contributed by atoms with Crippen molar-refractivity contribution in [2.45, 2.75) is 52.9 Å². The van der Waals surface area contributed by atoms with Crippen LogP contribution in [0.25, 0.3) is 0 Å². The van der Waals surface area contributed by atoms with Gasteiger partial charge < -0.3 is 10.6 Å². The highest BCUT2D eigenvalue weighted by Gasteiger charge is 2.39. The van der Waals surface area contributed by atoms with Crippen LogP contribution in [0.2, 0.25) is 0 Å². The van der Waals surface area contributed by atoms with Gasteiger partial charge in [0.1, 0.15) is 0 Å². The summed E-state index contributed by atoms with van der Waals surface area (Å²) in [4.78, 5) is 14.6. The van der Waals surface area contributed by atoms with Crippen molar-refractivity contribution in [3.63, 3.8) is 0 Å². The van der Waals surface area contributed by atoms with Crippen molar-refractivity contribution in [2.24, 2.45) is 17.1 Å². The molecule has 0 radical (unpaired) electrons. The Kier molecular flexibility index (Phi) is 5.44. The molecule has 0 aromatic rings. The number of nitrogens with zero attached hydrogens (tertiary/aromatic N) is 1. The molecule has 3 nitrogen and oxygen atoms in total. The smallest absolute Gasteiger partial charge is 0.230 e. The van der Waals surface area contributed by atoms with Gasteiger partial charge in [-0.25, -0.2) is 0 Å². The fourth-order valence-corrected chi connectivity index (χ4v) is 2.92. The van der Waals surface area contributed by atoms with Gasteiger partial charge >= 0.3 is 0 Å². The second-order valence-corrected chi connectivity index (χ2v) is 5.39. The van der Waals surface area contributed by atoms with E-state index in [-0.39, 0.29) is 5.41 Å². The Morgan fingerprint density at radius 1 is 1.35 bits per heavy atom. The molecule has 0 aliphatic carbocycles. The van der Waals surface area contributed by atoms with Crippen molar-refractivity contribution >= 4 is 5.91 Å². The molecule has 1 atom stereocenters. The maximum Gasteiger partial charge on any atom is 0.230 e. The summed E-state index contributed by atoms with van der Waals surface area (Å²) < 4.78 is 0. The number of nitrogens with two attached hydrogens (primary N) is 1. The van der Waals surface area contributed by atoms with Gasteiger partial charge in [-0.2, -0.15) is 0 Å². The average Bonchev–Trinajstić information content (AvgIpc) is 2.81. The normalized spacial score (nSPS) is 20.9. The summed E-state index contributed by atoms with van der Waals surface area (Å²) in [5.41, 5.74) is 5.54. The molecule has 1 unspecified atom stereocenters. The second kappa shape index (κ2) is 6.39. The molecule has 1 aliphatic rings. The highest BCUT2D eigenvalue weighted by Crippen LogP contribution is 2.31. The lowest BCUT2D eigenvalue weighted by molar-refractivity contribution is -0.141. The van der Waals surface area contributed by atoms with E-state index in [4.69, 9.17) is 5.73 Å². The SMILES string of the molecule is CCCC1CCN(C(=O)C(CC)(CC)CN)C1. The Hall–Kier alpha value is -0.570. The van der Waals surface area contributed by atoms with E-state index in [0.717, 1.165) is 25.9 Å². The lowest BCUT2D eigenvalue weighted by atomic mass is 9.81. The molecule has 0 saturated carbocycles. The molecule has 100 valence electrons. The Labute approximate surface area is 106 Å². The minimum Gasteiger partial charge on any atom is -0.342 e. The minimum atomic E-state index is -0.304. The monoisotopic (exact) mass is 240 g/mol. The van der Waals surface area contributed by atoms with E-state index in [1.54, 1.807) is 0 Å². The number of amides is 1. The number of likely N-dealkylation sites (tertiary alicyclic amines) is 1. The third-order valence-electron chi connectivity index (χ3n) is 4.47. The van der Waals surface area contributed by atoms with Crippen LogP contribution in [0.1, 0.15) is 52.9 Å². The van der Waals surface area contributed by atoms with Crippen molar-refractivity contribution in [3.8, 4) is 0 Å². The molecule has 1 heterocycles. The standard InChI is InChI=1S/C14H28N2O/c1-4-7-12-8-9-16(10-12)13(17)14(5-2,6-3)11-15/h12H,4-11,15H2,1-3H3. The van der Waals surface area contributed by atoms with Crippen LogP contribution in [0.15, 0.2) is 0 Å². The van der Waals surface area contributed by atoms with Gasteiger partial charge in [-0.1, -0.05) is 27.2 Å². The fourth-order valence-electron chi connectivity index (χ4n) is 2.92. The Balaban J connectivity index is 2.64. The largest absolute Gasteiger partial charge is 0.342 e. The molecule has 0 bridgehead atoms. The van der Waals surface area contributed by atoms with E-state index in [9.17, 15) is 4.79 Å². The molecule has 0 aromatic carbocycles. The first-order valence-electron chi connectivity index (χ1n) is 7.13. The van der Waals surface area contributed by atoms with Crippen molar-refractivity contribution in [3.05, 3.63) is 0 Å². The lowest BCUT2D eigenvalue weighted by Gasteiger charge is -2.33. The summed E-state index contributed by atoms with van der Waals surface area (Å²) in [6.07, 6.45) is 5.35. The molecule has 17 heavy (non-hydrogen) atoms. The Morgan fingerprint density at radius 3 is 2.47 bits per heavy atom. The van der Waals surface area contributed by atoms with Crippen LogP contribution in [-0.4, -0.2) is 30.4 Å². The number of hydrogen-bond donors (Lipinski definition) is 1. The third-order valence-corrected chi connectivity index (χ3v) is 4.47. The molecule has 0 spiro atoms. The van der Waals surface area contributed by atoms with Gasteiger partial charge in [-0.3, -0.25) is 4.79 Å². The second-order valence-electron chi connectivity index (χ2n) is 5.39. The summed E-state index contributed by atoms with van der Waals surface area (Å²) in [6.45, 7) is 8.74. The molecule has 1 rings (SSSR count). The molecular formula is C14H28N2O. The zero-order valence-corrected chi connectivity index (χ0v) is 11.7. The van der Waals surface area contributed by atoms with Crippen molar-refractivity contribution in [1.29, 1.82) is 0 Å². The van der Waals surface area contributed by atoms with Gasteiger partial charge in [0.2, 0.25) is 5.91 Å². The summed E-state index contributed by atoms with van der Waals surface area (Å²) in [5, 5.41) is 0. The van der Waals surface area contributed by atoms with Crippen LogP contribution in [0.5, 0.6) is 0 Å². The van der Waals surface area contributed by atoms with Crippen LogP contribution in [0.3, 0.4) is 0 Å². The topological polar surface area (TPSA) is 46.3 Å². The van der Waals surface area contributed by atoms with E-state index < -0.39 is 0 Å². The zero-order chi connectivity index (χ0) is 12.9. The van der Waals surface area contributed by atoms with Gasteiger partial charge in [0.25, 0.3) is 0 Å². The van der Waals surface area contributed by atoms with Crippen molar-refractivity contribution < 1.29 is 4.79 Å². The van der Waals surface area contributed by atoms with E-state index >= 15 is 0 Å². The average molecular weight is 240 g/mol. The molecule has 0 aromatic heterocycles. The Morgan fingerprint density at radius 2 is 2.00 bits per heavy atom. The Bertz CT molecular complexity index is 240. The van der Waals surface area contributed by atoms with E-state index in [0.29, 0.717) is 18.4 Å². The van der Waals surface area contributed by atoms with E-state index in [1.807, 2.05) is 0 Å². The van der Waals surface area contributed by atoms with Crippen LogP contribution < -0.4 is 5.73 Å². The van der Waals surface area contributed by atoms with Crippen LogP contribution in [0.4, 0.5) is 0 Å². The minimum absolute atomic E-state index is 0.295. The van der Waals surface area contributed by atoms with Crippen LogP contribution >= 0.6 is 0 Å². The number of carbonyl (C=O) groups is 1. The number of hydrogen-bond acceptors (Lipinski definition) is 2. The molecule has 2 N–H and O–H groups in total. The maximum absolute atomic E-state index is 12.6. The fraction of sp³-hybridized carbons (Fsp3) is 0.929. The number of rotatable bonds is 6. The van der Waals surface area contributed by atoms with Crippen LogP contribution in [0, 0.1) is 11.3 Å². The van der Waals surface area contributed by atoms with Crippen molar-refractivity contribution in [2.75, 3.05) is 19.6 Å². The lowest BCUT2D eigenvalue weighted by Crippen LogP contribution is -2.46.